The molecule has 412 valence electrons. The fourth-order valence-electron chi connectivity index (χ4n) is 7.64. The van der Waals surface area contributed by atoms with Crippen molar-refractivity contribution in [2.24, 2.45) is 0 Å². The lowest BCUT2D eigenvalue weighted by Crippen LogP contribution is -2.30. The number of carbonyl (C=O) groups excluding carboxylic acids is 3. The fraction of sp³-hybridized carbons (Fsp3) is 0.627. The number of hydrogen-bond acceptors (Lipinski definition) is 6. The molecule has 0 radical (unpaired) electrons. The first-order valence-corrected chi connectivity index (χ1v) is 29.7. The van der Waals surface area contributed by atoms with Gasteiger partial charge in [0.1, 0.15) is 13.2 Å². The second-order valence-corrected chi connectivity index (χ2v) is 19.2. The van der Waals surface area contributed by atoms with Crippen LogP contribution in [0.4, 0.5) is 0 Å². The van der Waals surface area contributed by atoms with Gasteiger partial charge in [0, 0.05) is 19.3 Å². The maximum Gasteiger partial charge on any atom is 0.306 e. The summed E-state index contributed by atoms with van der Waals surface area (Å²) < 4.78 is 16.8. The summed E-state index contributed by atoms with van der Waals surface area (Å²) in [7, 11) is 0. The van der Waals surface area contributed by atoms with Crippen LogP contribution in [0.15, 0.2) is 134 Å². The van der Waals surface area contributed by atoms with Gasteiger partial charge in [-0.3, -0.25) is 14.4 Å². The van der Waals surface area contributed by atoms with Crippen molar-refractivity contribution in [2.45, 2.75) is 258 Å². The van der Waals surface area contributed by atoms with Crippen LogP contribution in [0.3, 0.4) is 0 Å². The van der Waals surface area contributed by atoms with Gasteiger partial charge >= 0.3 is 17.9 Å². The van der Waals surface area contributed by atoms with Crippen molar-refractivity contribution < 1.29 is 28.6 Å². The second-order valence-electron chi connectivity index (χ2n) is 19.2. The lowest BCUT2D eigenvalue weighted by molar-refractivity contribution is -0.167. The zero-order valence-corrected chi connectivity index (χ0v) is 47.1. The highest BCUT2D eigenvalue weighted by Crippen LogP contribution is 2.13. The van der Waals surface area contributed by atoms with Gasteiger partial charge in [0.15, 0.2) is 6.10 Å². The number of ether oxygens (including phenoxy) is 3. The number of hydrogen-bond donors (Lipinski definition) is 0. The van der Waals surface area contributed by atoms with Crippen LogP contribution in [-0.2, 0) is 28.6 Å². The molecule has 0 aliphatic heterocycles. The van der Waals surface area contributed by atoms with Gasteiger partial charge in [-0.05, 0) is 135 Å². The van der Waals surface area contributed by atoms with E-state index < -0.39 is 6.10 Å². The van der Waals surface area contributed by atoms with E-state index in [1.807, 2.05) is 0 Å². The van der Waals surface area contributed by atoms with Crippen molar-refractivity contribution in [3.05, 3.63) is 134 Å². The standard InChI is InChI=1S/C67H108O6/c1-4-7-10-13-16-19-22-25-28-30-31-32-33-34-35-36-37-38-40-42-45-48-51-54-57-60-66(69)72-63-64(62-71-65(68)59-56-53-50-47-44-41-27-24-21-18-15-12-9-6-3)73-67(70)61-58-55-52-49-46-43-39-29-26-23-20-17-14-11-8-5-2/h7,10,15-16,18-20,23-25,27-29,31-32,34-35,37-39,42,45,64H,4-6,8-9,11-14,17,21-22,26,30,33,36,40-41,43-44,46-63H2,1-3H3/b10-7-,18-15-,19-16-,23-20-,27-24-,28-25-,32-31-,35-34-,38-37-,39-29-,45-42-. The molecule has 0 aliphatic carbocycles. The van der Waals surface area contributed by atoms with Gasteiger partial charge in [0.05, 0.1) is 0 Å². The molecule has 73 heavy (non-hydrogen) atoms. The first kappa shape index (κ1) is 68.6. The van der Waals surface area contributed by atoms with Crippen LogP contribution < -0.4 is 0 Å². The summed E-state index contributed by atoms with van der Waals surface area (Å²) in [4.78, 5) is 38.2. The highest BCUT2D eigenvalue weighted by atomic mass is 16.6. The Balaban J connectivity index is 4.48. The lowest BCUT2D eigenvalue weighted by Gasteiger charge is -2.18. The minimum atomic E-state index is -0.811. The number of allylic oxidation sites excluding steroid dienone is 22. The van der Waals surface area contributed by atoms with E-state index in [2.05, 4.69) is 154 Å². The summed E-state index contributed by atoms with van der Waals surface area (Å²) in [5.41, 5.74) is 0. The van der Waals surface area contributed by atoms with Crippen LogP contribution in [0, 0.1) is 0 Å². The molecule has 0 aromatic rings. The number of unbranched alkanes of at least 4 members (excludes halogenated alkanes) is 19. The van der Waals surface area contributed by atoms with E-state index in [4.69, 9.17) is 14.2 Å². The summed E-state index contributed by atoms with van der Waals surface area (Å²) in [6.07, 6.45) is 84.4. The quantitative estimate of drug-likeness (QED) is 0.0261. The van der Waals surface area contributed by atoms with E-state index in [9.17, 15) is 14.4 Å². The lowest BCUT2D eigenvalue weighted by atomic mass is 10.1. The van der Waals surface area contributed by atoms with Gasteiger partial charge in [0.25, 0.3) is 0 Å². The van der Waals surface area contributed by atoms with Crippen LogP contribution in [0.5, 0.6) is 0 Å². The molecule has 0 saturated carbocycles. The Morgan fingerprint density at radius 2 is 0.548 bits per heavy atom. The van der Waals surface area contributed by atoms with Crippen LogP contribution in [-0.4, -0.2) is 37.2 Å². The van der Waals surface area contributed by atoms with E-state index in [0.717, 1.165) is 161 Å². The molecule has 0 aromatic heterocycles. The molecule has 0 amide bonds. The summed E-state index contributed by atoms with van der Waals surface area (Å²) in [6, 6.07) is 0. The van der Waals surface area contributed by atoms with Gasteiger partial charge in [0.2, 0.25) is 0 Å². The van der Waals surface area contributed by atoms with Crippen molar-refractivity contribution in [2.75, 3.05) is 13.2 Å². The van der Waals surface area contributed by atoms with Crippen molar-refractivity contribution >= 4 is 17.9 Å². The first-order chi connectivity index (χ1) is 36.0. The van der Waals surface area contributed by atoms with Crippen LogP contribution in [0.25, 0.3) is 0 Å². The third-order valence-electron chi connectivity index (χ3n) is 12.1. The maximum absolute atomic E-state index is 12.9. The summed E-state index contributed by atoms with van der Waals surface area (Å²) in [5.74, 6) is -0.970. The minimum absolute atomic E-state index is 0.106. The molecular weight excluding hydrogens is 901 g/mol. The predicted molar refractivity (Wildman–Crippen MR) is 316 cm³/mol. The van der Waals surface area contributed by atoms with Gasteiger partial charge < -0.3 is 14.2 Å². The summed E-state index contributed by atoms with van der Waals surface area (Å²) in [6.45, 7) is 6.41. The van der Waals surface area contributed by atoms with Crippen molar-refractivity contribution in [1.29, 1.82) is 0 Å². The zero-order chi connectivity index (χ0) is 52.9. The Kier molecular flexibility index (Phi) is 56.4. The molecule has 6 heteroatoms. The topological polar surface area (TPSA) is 78.9 Å². The van der Waals surface area contributed by atoms with Crippen LogP contribution in [0.1, 0.15) is 252 Å². The number of esters is 3. The molecule has 1 unspecified atom stereocenters. The minimum Gasteiger partial charge on any atom is -0.462 e. The highest BCUT2D eigenvalue weighted by Gasteiger charge is 2.19. The first-order valence-electron chi connectivity index (χ1n) is 29.7. The van der Waals surface area contributed by atoms with E-state index in [-0.39, 0.29) is 31.1 Å². The molecule has 0 spiro atoms. The van der Waals surface area contributed by atoms with E-state index in [1.54, 1.807) is 0 Å². The van der Waals surface area contributed by atoms with Crippen LogP contribution >= 0.6 is 0 Å². The van der Waals surface area contributed by atoms with Gasteiger partial charge in [-0.1, -0.05) is 231 Å². The largest absolute Gasteiger partial charge is 0.462 e. The van der Waals surface area contributed by atoms with E-state index in [0.29, 0.717) is 19.3 Å². The fourth-order valence-corrected chi connectivity index (χ4v) is 7.64. The predicted octanol–water partition coefficient (Wildman–Crippen LogP) is 20.2. The Bertz CT molecular complexity index is 1580. The van der Waals surface area contributed by atoms with Gasteiger partial charge in [-0.15, -0.1) is 0 Å². The molecular formula is C67H108O6. The van der Waals surface area contributed by atoms with Crippen molar-refractivity contribution in [3.8, 4) is 0 Å². The average Bonchev–Trinajstić information content (AvgIpc) is 3.39. The molecule has 0 fully saturated rings. The molecule has 0 bridgehead atoms. The molecule has 1 atom stereocenters. The molecule has 0 aliphatic rings. The maximum atomic E-state index is 12.9. The SMILES string of the molecule is CC/C=C\C/C=C\C/C=C\C/C=C\C/C=C\C/C=C\C/C=C\CCCCCC(=O)OCC(COC(=O)CCCCCCC/C=C\C/C=C\CCCC)OC(=O)CCCCCCC/C=C\C/C=C\CCCCCC. The van der Waals surface area contributed by atoms with Gasteiger partial charge in [-0.2, -0.15) is 0 Å². The third kappa shape index (κ3) is 58.3. The Hall–Kier alpha value is -4.45. The highest BCUT2D eigenvalue weighted by molar-refractivity contribution is 5.71. The Labute approximate surface area is 449 Å². The molecule has 0 N–H and O–H groups in total. The molecule has 0 saturated heterocycles. The van der Waals surface area contributed by atoms with E-state index >= 15 is 0 Å². The average molecular weight is 1010 g/mol. The second kappa shape index (κ2) is 60.1. The number of rotatable bonds is 52. The summed E-state index contributed by atoms with van der Waals surface area (Å²) >= 11 is 0. The zero-order valence-electron chi connectivity index (χ0n) is 47.1. The normalized spacial score (nSPS) is 13.1. The monoisotopic (exact) mass is 1010 g/mol. The molecule has 6 nitrogen and oxygen atoms in total. The molecule has 0 rings (SSSR count). The summed E-state index contributed by atoms with van der Waals surface area (Å²) in [5, 5.41) is 0. The number of carbonyl (C=O) groups is 3. The third-order valence-corrected chi connectivity index (χ3v) is 12.1. The Morgan fingerprint density at radius 3 is 0.890 bits per heavy atom. The van der Waals surface area contributed by atoms with Crippen LogP contribution in [0.2, 0.25) is 0 Å². The van der Waals surface area contributed by atoms with E-state index in [1.165, 1.54) is 51.4 Å². The van der Waals surface area contributed by atoms with Crippen molar-refractivity contribution in [1.82, 2.24) is 0 Å². The molecule has 0 heterocycles. The molecule has 0 aromatic carbocycles. The smallest absolute Gasteiger partial charge is 0.306 e. The van der Waals surface area contributed by atoms with Gasteiger partial charge in [-0.25, -0.2) is 0 Å². The Morgan fingerprint density at radius 1 is 0.288 bits per heavy atom. The van der Waals surface area contributed by atoms with Crippen molar-refractivity contribution in [3.63, 3.8) is 0 Å².